The van der Waals surface area contributed by atoms with Gasteiger partial charge in [0.05, 0.1) is 6.54 Å². The fourth-order valence-corrected chi connectivity index (χ4v) is 2.78. The van der Waals surface area contributed by atoms with Crippen LogP contribution in [0.4, 0.5) is 0 Å². The molecule has 0 fully saturated rings. The number of fused-ring (bicyclic) bond motifs is 1. The monoisotopic (exact) mass is 318 g/mol. The van der Waals surface area contributed by atoms with Crippen LogP contribution in [0.1, 0.15) is 15.2 Å². The maximum Gasteiger partial charge on any atom is 0.257 e. The van der Waals surface area contributed by atoms with Crippen molar-refractivity contribution in [1.29, 1.82) is 5.41 Å². The molecule has 0 aliphatic carbocycles. The van der Waals surface area contributed by atoms with Crippen LogP contribution < -0.4 is 10.9 Å². The van der Waals surface area contributed by atoms with Crippen molar-refractivity contribution >= 4 is 39.8 Å². The van der Waals surface area contributed by atoms with Crippen molar-refractivity contribution in [3.05, 3.63) is 62.8 Å². The molecule has 0 unspecified atom stereocenters. The molecule has 0 saturated heterocycles. The molecule has 0 bridgehead atoms. The van der Waals surface area contributed by atoms with Crippen LogP contribution in [0.3, 0.4) is 0 Å². The Morgan fingerprint density at radius 2 is 2.19 bits per heavy atom. The molecule has 3 rings (SSSR count). The second kappa shape index (κ2) is 5.71. The highest BCUT2D eigenvalue weighted by atomic mass is 35.5. The van der Waals surface area contributed by atoms with E-state index in [1.165, 1.54) is 0 Å². The minimum absolute atomic E-state index is 0.159. The van der Waals surface area contributed by atoms with Crippen LogP contribution in [0.5, 0.6) is 0 Å². The van der Waals surface area contributed by atoms with E-state index in [0.717, 1.165) is 4.88 Å². The van der Waals surface area contributed by atoms with E-state index in [9.17, 15) is 4.79 Å². The zero-order chi connectivity index (χ0) is 14.8. The molecule has 0 aliphatic heterocycles. The first-order valence-corrected chi connectivity index (χ1v) is 7.48. The second-order valence-corrected chi connectivity index (χ2v) is 5.90. The number of hydrogen-bond acceptors (Lipinski definition) is 4. The molecule has 0 saturated carbocycles. The first kappa shape index (κ1) is 13.9. The van der Waals surface area contributed by atoms with Gasteiger partial charge < -0.3 is 9.73 Å². The lowest BCUT2D eigenvalue weighted by molar-refractivity contribution is 0.0947. The summed E-state index contributed by atoms with van der Waals surface area (Å²) in [4.78, 5) is 13.2. The summed E-state index contributed by atoms with van der Waals surface area (Å²) in [5, 5.41) is 13.8. The first-order valence-electron chi connectivity index (χ1n) is 6.22. The quantitative estimate of drug-likeness (QED) is 0.775. The Morgan fingerprint density at radius 1 is 1.33 bits per heavy atom. The zero-order valence-electron chi connectivity index (χ0n) is 10.9. The molecule has 0 aliphatic rings. The molecule has 2 heterocycles. The van der Waals surface area contributed by atoms with E-state index in [2.05, 4.69) is 5.32 Å². The Labute approximate surface area is 129 Å². The van der Waals surface area contributed by atoms with Gasteiger partial charge in [0, 0.05) is 15.3 Å². The van der Waals surface area contributed by atoms with E-state index < -0.39 is 0 Å². The number of carbonyl (C=O) groups is 1. The van der Waals surface area contributed by atoms with Gasteiger partial charge in [0.25, 0.3) is 5.91 Å². The number of thiophene rings is 1. The van der Waals surface area contributed by atoms with Gasteiger partial charge in [-0.15, -0.1) is 11.3 Å². The SMILES string of the molecule is N=c1oc2ccc(Cl)cc2cc1C(=O)NCc1cccs1. The number of halogens is 1. The lowest BCUT2D eigenvalue weighted by Crippen LogP contribution is -2.27. The van der Waals surface area contributed by atoms with Gasteiger partial charge in [-0.3, -0.25) is 10.2 Å². The van der Waals surface area contributed by atoms with Gasteiger partial charge in [0.15, 0.2) is 0 Å². The highest BCUT2D eigenvalue weighted by molar-refractivity contribution is 7.09. The molecule has 1 aromatic carbocycles. The van der Waals surface area contributed by atoms with Gasteiger partial charge in [0.1, 0.15) is 11.1 Å². The van der Waals surface area contributed by atoms with Crippen LogP contribution in [-0.4, -0.2) is 5.91 Å². The summed E-state index contributed by atoms with van der Waals surface area (Å²) in [6.45, 7) is 0.434. The smallest absolute Gasteiger partial charge is 0.257 e. The van der Waals surface area contributed by atoms with E-state index in [1.807, 2.05) is 17.5 Å². The Hall–Kier alpha value is -2.11. The van der Waals surface area contributed by atoms with Gasteiger partial charge in [-0.2, -0.15) is 0 Å². The molecule has 2 N–H and O–H groups in total. The molecule has 106 valence electrons. The summed E-state index contributed by atoms with van der Waals surface area (Å²) in [5.74, 6) is -0.334. The van der Waals surface area contributed by atoms with E-state index >= 15 is 0 Å². The summed E-state index contributed by atoms with van der Waals surface area (Å²) in [5.41, 5.74) is 0.564. The van der Waals surface area contributed by atoms with Gasteiger partial charge in [-0.05, 0) is 35.7 Å². The lowest BCUT2D eigenvalue weighted by atomic mass is 10.1. The van der Waals surface area contributed by atoms with E-state index in [-0.39, 0.29) is 17.0 Å². The predicted octanol–water partition coefficient (Wildman–Crippen LogP) is 3.56. The van der Waals surface area contributed by atoms with Crippen molar-refractivity contribution < 1.29 is 9.21 Å². The minimum atomic E-state index is -0.334. The summed E-state index contributed by atoms with van der Waals surface area (Å²) >= 11 is 7.50. The van der Waals surface area contributed by atoms with Crippen LogP contribution in [0.25, 0.3) is 11.0 Å². The Bertz CT molecular complexity index is 856. The predicted molar refractivity (Wildman–Crippen MR) is 82.6 cm³/mol. The van der Waals surface area contributed by atoms with Crippen LogP contribution in [0.2, 0.25) is 5.02 Å². The number of nitrogens with one attached hydrogen (secondary N) is 2. The van der Waals surface area contributed by atoms with Crippen molar-refractivity contribution in [2.24, 2.45) is 0 Å². The molecule has 4 nitrogen and oxygen atoms in total. The van der Waals surface area contributed by atoms with Gasteiger partial charge >= 0.3 is 0 Å². The van der Waals surface area contributed by atoms with Gasteiger partial charge in [0.2, 0.25) is 5.55 Å². The molecule has 2 aromatic heterocycles. The largest absolute Gasteiger partial charge is 0.438 e. The molecule has 0 radical (unpaired) electrons. The normalized spacial score (nSPS) is 10.7. The molecular weight excluding hydrogens is 308 g/mol. The summed E-state index contributed by atoms with van der Waals surface area (Å²) < 4.78 is 5.36. The number of benzene rings is 1. The Balaban J connectivity index is 1.90. The first-order chi connectivity index (χ1) is 10.1. The van der Waals surface area contributed by atoms with Crippen molar-refractivity contribution in [2.75, 3.05) is 0 Å². The van der Waals surface area contributed by atoms with Gasteiger partial charge in [-0.1, -0.05) is 17.7 Å². The Kier molecular flexibility index (Phi) is 3.77. The average molecular weight is 319 g/mol. The number of amides is 1. The van der Waals surface area contributed by atoms with Crippen LogP contribution in [-0.2, 0) is 6.54 Å². The van der Waals surface area contributed by atoms with Crippen molar-refractivity contribution in [3.63, 3.8) is 0 Å². The fraction of sp³-hybridized carbons (Fsp3) is 0.0667. The number of rotatable bonds is 3. The van der Waals surface area contributed by atoms with Crippen LogP contribution in [0, 0.1) is 5.41 Å². The zero-order valence-corrected chi connectivity index (χ0v) is 12.4. The maximum atomic E-state index is 12.2. The van der Waals surface area contributed by atoms with Gasteiger partial charge in [-0.25, -0.2) is 0 Å². The fourth-order valence-electron chi connectivity index (χ4n) is 1.96. The molecule has 0 atom stereocenters. The molecular formula is C15H11ClN2O2S. The minimum Gasteiger partial charge on any atom is -0.438 e. The maximum absolute atomic E-state index is 12.2. The van der Waals surface area contributed by atoms with E-state index in [0.29, 0.717) is 22.5 Å². The molecule has 1 amide bonds. The number of hydrogen-bond donors (Lipinski definition) is 2. The lowest BCUT2D eigenvalue weighted by Gasteiger charge is -2.05. The summed E-state index contributed by atoms with van der Waals surface area (Å²) in [7, 11) is 0. The molecule has 6 heteroatoms. The van der Waals surface area contributed by atoms with Crippen LogP contribution in [0.15, 0.2) is 46.2 Å². The number of carbonyl (C=O) groups excluding carboxylic acids is 1. The second-order valence-electron chi connectivity index (χ2n) is 4.43. The van der Waals surface area contributed by atoms with E-state index in [1.54, 1.807) is 35.6 Å². The third-order valence-corrected chi connectivity index (χ3v) is 4.09. The third kappa shape index (κ3) is 2.99. The summed E-state index contributed by atoms with van der Waals surface area (Å²) in [6, 6.07) is 10.6. The standard InChI is InChI=1S/C15H11ClN2O2S/c16-10-3-4-13-9(6-10)7-12(14(17)20-13)15(19)18-8-11-2-1-5-21-11/h1-7,17H,8H2,(H,18,19). The average Bonchev–Trinajstić information content (AvgIpc) is 2.98. The molecule has 21 heavy (non-hydrogen) atoms. The topological polar surface area (TPSA) is 66.1 Å². The Morgan fingerprint density at radius 3 is 2.95 bits per heavy atom. The van der Waals surface area contributed by atoms with Crippen LogP contribution >= 0.6 is 22.9 Å². The van der Waals surface area contributed by atoms with Crippen molar-refractivity contribution in [3.8, 4) is 0 Å². The molecule has 3 aromatic rings. The van der Waals surface area contributed by atoms with E-state index in [4.69, 9.17) is 21.4 Å². The highest BCUT2D eigenvalue weighted by Gasteiger charge is 2.11. The molecule has 0 spiro atoms. The van der Waals surface area contributed by atoms with Crippen molar-refractivity contribution in [2.45, 2.75) is 6.54 Å². The third-order valence-electron chi connectivity index (χ3n) is 2.98. The van der Waals surface area contributed by atoms with Crippen molar-refractivity contribution in [1.82, 2.24) is 5.32 Å². The highest BCUT2D eigenvalue weighted by Crippen LogP contribution is 2.18. The summed E-state index contributed by atoms with van der Waals surface area (Å²) in [6.07, 6.45) is 0.